The molecule has 33 heavy (non-hydrogen) atoms. The van der Waals surface area contributed by atoms with Crippen molar-refractivity contribution in [3.63, 3.8) is 0 Å². The van der Waals surface area contributed by atoms with Gasteiger partial charge >= 0.3 is 5.97 Å². The molecule has 2 aromatic rings. The summed E-state index contributed by atoms with van der Waals surface area (Å²) in [6, 6.07) is 16.4. The first kappa shape index (κ1) is 23.1. The van der Waals surface area contributed by atoms with Gasteiger partial charge in [-0.2, -0.15) is 0 Å². The molecule has 0 N–H and O–H groups in total. The monoisotopic (exact) mass is 482 g/mol. The smallest absolute Gasteiger partial charge is 0.355 e. The molecule has 0 radical (unpaired) electrons. The number of rotatable bonds is 8. The lowest BCUT2D eigenvalue weighted by Gasteiger charge is -2.47. The van der Waals surface area contributed by atoms with Crippen molar-refractivity contribution in [3.05, 3.63) is 89.1 Å². The minimum absolute atomic E-state index is 0.0915. The number of hydrogen-bond donors (Lipinski definition) is 0. The summed E-state index contributed by atoms with van der Waals surface area (Å²) in [5.74, 6) is 0.842. The number of carbonyl (C=O) groups is 2. The fraction of sp³-hybridized carbons (Fsp3) is 0.240. The molecule has 0 bridgehead atoms. The first-order valence-electron chi connectivity index (χ1n) is 10.4. The maximum Gasteiger partial charge on any atom is 0.355 e. The van der Waals surface area contributed by atoms with Gasteiger partial charge in [0.25, 0.3) is 5.91 Å². The Balaban J connectivity index is 1.51. The van der Waals surface area contributed by atoms with E-state index in [1.54, 1.807) is 49.4 Å². The van der Waals surface area contributed by atoms with Crippen LogP contribution in [0.15, 0.2) is 83.0 Å². The van der Waals surface area contributed by atoms with Gasteiger partial charge in [0.15, 0.2) is 6.04 Å². The zero-order valence-electron chi connectivity index (χ0n) is 18.0. The summed E-state index contributed by atoms with van der Waals surface area (Å²) < 4.78 is 10.7. The van der Waals surface area contributed by atoms with E-state index in [1.807, 2.05) is 42.5 Å². The van der Waals surface area contributed by atoms with Gasteiger partial charge in [0, 0.05) is 17.8 Å². The largest absolute Gasteiger partial charge is 0.497 e. The highest BCUT2D eigenvalue weighted by Crippen LogP contribution is 2.42. The van der Waals surface area contributed by atoms with Gasteiger partial charge in [0.1, 0.15) is 23.4 Å². The number of esters is 1. The van der Waals surface area contributed by atoms with E-state index < -0.39 is 12.0 Å². The number of allylic oxidation sites excluding steroid dienone is 2. The summed E-state index contributed by atoms with van der Waals surface area (Å²) >= 11 is 7.38. The molecule has 2 heterocycles. The van der Waals surface area contributed by atoms with E-state index in [2.05, 4.69) is 4.99 Å². The van der Waals surface area contributed by atoms with Gasteiger partial charge in [-0.15, -0.1) is 23.4 Å². The first-order chi connectivity index (χ1) is 16.1. The van der Waals surface area contributed by atoms with Gasteiger partial charge in [0.05, 0.1) is 7.11 Å². The van der Waals surface area contributed by atoms with Gasteiger partial charge in [-0.3, -0.25) is 14.7 Å². The second-order valence-electron chi connectivity index (χ2n) is 7.40. The third-order valence-corrected chi connectivity index (χ3v) is 6.75. The third-order valence-electron chi connectivity index (χ3n) is 5.28. The molecule has 0 spiro atoms. The topological polar surface area (TPSA) is 68.2 Å². The summed E-state index contributed by atoms with van der Waals surface area (Å²) in [6.07, 6.45) is 5.24. The molecule has 1 saturated heterocycles. The van der Waals surface area contributed by atoms with Gasteiger partial charge in [-0.1, -0.05) is 54.6 Å². The molecule has 170 valence electrons. The second kappa shape index (κ2) is 10.7. The lowest BCUT2D eigenvalue weighted by atomic mass is 10.0. The Labute approximate surface area is 201 Å². The standard InChI is InChI=1S/C25H23ClN2O4S/c1-31-20-11-9-18(10-12-20)15-32-25(30)22-19(8-5-13-26)16-33-24-21(23(29)28(22)24)27-14-17-6-3-2-4-7-17/h2-12,14,21,24H,13,15-16H2,1H3/b8-5-,27-14?/t21-,24-/m1/s1. The minimum Gasteiger partial charge on any atom is -0.497 e. The van der Waals surface area contributed by atoms with Crippen LogP contribution in [0.1, 0.15) is 11.1 Å². The number of nitrogens with zero attached hydrogens (tertiary/aromatic N) is 2. The zero-order valence-corrected chi connectivity index (χ0v) is 19.6. The van der Waals surface area contributed by atoms with E-state index in [-0.39, 0.29) is 23.6 Å². The number of amides is 1. The number of hydrogen-bond acceptors (Lipinski definition) is 6. The molecule has 4 rings (SSSR count). The number of β-lactam (4-membered cyclic amide) rings is 1. The van der Waals surface area contributed by atoms with Crippen molar-refractivity contribution >= 4 is 41.5 Å². The van der Waals surface area contributed by atoms with Gasteiger partial charge < -0.3 is 9.47 Å². The number of ether oxygens (including phenoxy) is 2. The van der Waals surface area contributed by atoms with E-state index in [9.17, 15) is 9.59 Å². The fourth-order valence-corrected chi connectivity index (χ4v) is 4.98. The van der Waals surface area contributed by atoms with Crippen LogP contribution in [0.25, 0.3) is 0 Å². The molecule has 1 fully saturated rings. The van der Waals surface area contributed by atoms with Crippen LogP contribution in [0.3, 0.4) is 0 Å². The molecule has 0 saturated carbocycles. The Hall–Kier alpha value is -3.03. The summed E-state index contributed by atoms with van der Waals surface area (Å²) in [5, 5.41) is -0.242. The van der Waals surface area contributed by atoms with Crippen molar-refractivity contribution in [2.75, 3.05) is 18.7 Å². The highest BCUT2D eigenvalue weighted by molar-refractivity contribution is 8.00. The number of methoxy groups -OCH3 is 1. The highest BCUT2D eigenvalue weighted by Gasteiger charge is 2.53. The molecular formula is C25H23ClN2O4S. The number of aliphatic imine (C=N–C) groups is 1. The van der Waals surface area contributed by atoms with Crippen LogP contribution in [0, 0.1) is 0 Å². The minimum atomic E-state index is -0.538. The van der Waals surface area contributed by atoms with Gasteiger partial charge in [0.2, 0.25) is 0 Å². The van der Waals surface area contributed by atoms with Crippen molar-refractivity contribution in [3.8, 4) is 5.75 Å². The van der Waals surface area contributed by atoms with Crippen LogP contribution < -0.4 is 4.74 Å². The Bertz CT molecular complexity index is 1100. The van der Waals surface area contributed by atoms with Crippen LogP contribution in [0.5, 0.6) is 5.75 Å². The van der Waals surface area contributed by atoms with Crippen LogP contribution in [-0.4, -0.2) is 53.1 Å². The quantitative estimate of drug-likeness (QED) is 0.244. The molecule has 2 aliphatic rings. The number of fused-ring (bicyclic) bond motifs is 1. The number of thioether (sulfide) groups is 1. The molecule has 1 amide bonds. The lowest BCUT2D eigenvalue weighted by molar-refractivity contribution is -0.151. The highest BCUT2D eigenvalue weighted by atomic mass is 35.5. The third kappa shape index (κ3) is 5.15. The van der Waals surface area contributed by atoms with Crippen molar-refractivity contribution < 1.29 is 19.1 Å². The summed E-state index contributed by atoms with van der Waals surface area (Å²) in [4.78, 5) is 32.1. The lowest BCUT2D eigenvalue weighted by Crippen LogP contribution is -2.64. The van der Waals surface area contributed by atoms with Crippen molar-refractivity contribution in [2.45, 2.75) is 18.0 Å². The van der Waals surface area contributed by atoms with Crippen LogP contribution >= 0.6 is 23.4 Å². The van der Waals surface area contributed by atoms with E-state index in [1.165, 1.54) is 4.90 Å². The Morgan fingerprint density at radius 1 is 1.21 bits per heavy atom. The molecule has 0 unspecified atom stereocenters. The molecule has 0 aliphatic carbocycles. The summed E-state index contributed by atoms with van der Waals surface area (Å²) in [6.45, 7) is 0.0915. The molecule has 2 aromatic carbocycles. The molecule has 6 nitrogen and oxygen atoms in total. The maximum atomic E-state index is 13.1. The number of carbonyl (C=O) groups excluding carboxylic acids is 2. The van der Waals surface area contributed by atoms with Crippen LogP contribution in [0.2, 0.25) is 0 Å². The first-order valence-corrected chi connectivity index (χ1v) is 12.0. The van der Waals surface area contributed by atoms with E-state index >= 15 is 0 Å². The normalized spacial score (nSPS) is 20.2. The Morgan fingerprint density at radius 3 is 2.67 bits per heavy atom. The fourth-order valence-electron chi connectivity index (χ4n) is 3.58. The van der Waals surface area contributed by atoms with E-state index in [0.717, 1.165) is 22.4 Å². The SMILES string of the molecule is COc1ccc(COC(=O)C2=C(/C=C\CCl)CS[C@@H]3[C@H](N=Cc4ccccc4)C(=O)N23)cc1. The average Bonchev–Trinajstić information content (AvgIpc) is 2.86. The maximum absolute atomic E-state index is 13.1. The van der Waals surface area contributed by atoms with E-state index in [4.69, 9.17) is 21.1 Å². The number of halogens is 1. The predicted octanol–water partition coefficient (Wildman–Crippen LogP) is 4.19. The van der Waals surface area contributed by atoms with Crippen molar-refractivity contribution in [1.82, 2.24) is 4.90 Å². The van der Waals surface area contributed by atoms with Crippen molar-refractivity contribution in [1.29, 1.82) is 0 Å². The molecule has 8 heteroatoms. The van der Waals surface area contributed by atoms with Gasteiger partial charge in [-0.25, -0.2) is 4.79 Å². The van der Waals surface area contributed by atoms with E-state index in [0.29, 0.717) is 11.6 Å². The molecule has 2 aliphatic heterocycles. The molecule has 0 aromatic heterocycles. The second-order valence-corrected chi connectivity index (χ2v) is 8.81. The number of benzene rings is 2. The average molecular weight is 483 g/mol. The van der Waals surface area contributed by atoms with Crippen molar-refractivity contribution in [2.24, 2.45) is 4.99 Å². The Kier molecular flexibility index (Phi) is 7.52. The van der Waals surface area contributed by atoms with Crippen LogP contribution in [0.4, 0.5) is 0 Å². The Morgan fingerprint density at radius 2 is 1.97 bits per heavy atom. The number of alkyl halides is 1. The van der Waals surface area contributed by atoms with Gasteiger partial charge in [-0.05, 0) is 28.8 Å². The summed E-state index contributed by atoms with van der Waals surface area (Å²) in [7, 11) is 1.59. The predicted molar refractivity (Wildman–Crippen MR) is 131 cm³/mol. The zero-order chi connectivity index (χ0) is 23.2. The molecule has 2 atom stereocenters. The van der Waals surface area contributed by atoms with Crippen LogP contribution in [-0.2, 0) is 20.9 Å². The summed E-state index contributed by atoms with van der Waals surface area (Å²) in [5.41, 5.74) is 2.73. The molecular weight excluding hydrogens is 460 g/mol.